The number of hydrogen-bond acceptors (Lipinski definition) is 7. The summed E-state index contributed by atoms with van der Waals surface area (Å²) in [6, 6.07) is 4.70. The maximum absolute atomic E-state index is 13.4. The molecule has 2 N–H and O–H groups in total. The van der Waals surface area contributed by atoms with E-state index in [-0.39, 0.29) is 23.4 Å². The Balaban J connectivity index is 1.81. The predicted octanol–water partition coefficient (Wildman–Crippen LogP) is 2.94. The van der Waals surface area contributed by atoms with Gasteiger partial charge in [0, 0.05) is 33.2 Å². The summed E-state index contributed by atoms with van der Waals surface area (Å²) >= 11 is 0. The number of nitrogens with one attached hydrogen (secondary N) is 2. The Morgan fingerprint density at radius 2 is 1.77 bits per heavy atom. The van der Waals surface area contributed by atoms with E-state index in [1.165, 1.54) is 18.2 Å². The van der Waals surface area contributed by atoms with Crippen LogP contribution in [0.3, 0.4) is 0 Å². The number of hydrogen-bond donors (Lipinski definition) is 2. The lowest BCUT2D eigenvalue weighted by molar-refractivity contribution is -0.138. The van der Waals surface area contributed by atoms with Gasteiger partial charge in [0.05, 0.1) is 11.6 Å². The van der Waals surface area contributed by atoms with Gasteiger partial charge in [-0.1, -0.05) is 24.8 Å². The van der Waals surface area contributed by atoms with E-state index >= 15 is 0 Å². The SMILES string of the molecule is C=CC(=O)N1CCN(c2nc(NC)nc(NC(C)c3ccccc3C(F)(F)F)n2)CC1. The van der Waals surface area contributed by atoms with E-state index in [1.54, 1.807) is 24.9 Å². The standard InChI is InChI=1S/C20H24F3N7O/c1-4-16(31)29-9-11-30(12-10-29)19-27-17(24-3)26-18(28-19)25-13(2)14-7-5-6-8-15(14)20(21,22)23/h4-8,13H,1,9-12H2,2-3H3,(H2,24,25,26,27,28). The highest BCUT2D eigenvalue weighted by molar-refractivity contribution is 5.87. The molecule has 1 aromatic carbocycles. The zero-order chi connectivity index (χ0) is 22.6. The van der Waals surface area contributed by atoms with Crippen LogP contribution in [-0.2, 0) is 11.0 Å². The highest BCUT2D eigenvalue weighted by Gasteiger charge is 2.34. The van der Waals surface area contributed by atoms with Crippen molar-refractivity contribution in [3.63, 3.8) is 0 Å². The van der Waals surface area contributed by atoms with Gasteiger partial charge in [-0.05, 0) is 24.6 Å². The maximum atomic E-state index is 13.4. The van der Waals surface area contributed by atoms with E-state index in [0.29, 0.717) is 32.1 Å². The van der Waals surface area contributed by atoms with Gasteiger partial charge in [0.15, 0.2) is 0 Å². The molecule has 1 aromatic heterocycles. The summed E-state index contributed by atoms with van der Waals surface area (Å²) in [7, 11) is 1.64. The van der Waals surface area contributed by atoms with Crippen LogP contribution in [0.5, 0.6) is 0 Å². The highest BCUT2D eigenvalue weighted by Crippen LogP contribution is 2.35. The van der Waals surface area contributed by atoms with Crippen LogP contribution in [0.4, 0.5) is 31.0 Å². The van der Waals surface area contributed by atoms with Crippen LogP contribution < -0.4 is 15.5 Å². The van der Waals surface area contributed by atoms with E-state index in [4.69, 9.17) is 0 Å². The minimum absolute atomic E-state index is 0.0968. The van der Waals surface area contributed by atoms with E-state index in [1.807, 2.05) is 4.90 Å². The summed E-state index contributed by atoms with van der Waals surface area (Å²) in [4.78, 5) is 28.3. The van der Waals surface area contributed by atoms with E-state index in [2.05, 4.69) is 32.2 Å². The molecule has 0 aliphatic carbocycles. The maximum Gasteiger partial charge on any atom is 0.416 e. The first-order chi connectivity index (χ1) is 14.7. The second kappa shape index (κ2) is 9.19. The molecule has 3 rings (SSSR count). The van der Waals surface area contributed by atoms with Crippen LogP contribution in [0.1, 0.15) is 24.1 Å². The number of amides is 1. The number of carbonyl (C=O) groups is 1. The summed E-state index contributed by atoms with van der Waals surface area (Å²) in [6.07, 6.45) is -3.19. The lowest BCUT2D eigenvalue weighted by Crippen LogP contribution is -2.48. The summed E-state index contributed by atoms with van der Waals surface area (Å²) in [5, 5.41) is 5.80. The number of rotatable bonds is 6. The minimum Gasteiger partial charge on any atom is -0.357 e. The van der Waals surface area contributed by atoms with Gasteiger partial charge in [-0.15, -0.1) is 0 Å². The first-order valence-corrected chi connectivity index (χ1v) is 9.75. The third kappa shape index (κ3) is 5.22. The van der Waals surface area contributed by atoms with Crippen LogP contribution in [0.25, 0.3) is 0 Å². The second-order valence-electron chi connectivity index (χ2n) is 7.00. The number of anilines is 3. The molecule has 0 bridgehead atoms. The molecule has 31 heavy (non-hydrogen) atoms. The summed E-state index contributed by atoms with van der Waals surface area (Å²) in [5.74, 6) is 0.686. The van der Waals surface area contributed by atoms with Crippen molar-refractivity contribution in [3.8, 4) is 0 Å². The second-order valence-corrected chi connectivity index (χ2v) is 7.00. The molecule has 0 spiro atoms. The van der Waals surface area contributed by atoms with Crippen LogP contribution in [0, 0.1) is 0 Å². The third-order valence-electron chi connectivity index (χ3n) is 4.97. The van der Waals surface area contributed by atoms with E-state index in [9.17, 15) is 18.0 Å². The van der Waals surface area contributed by atoms with Crippen molar-refractivity contribution in [2.75, 3.05) is 48.8 Å². The molecule has 166 valence electrons. The number of piperazine rings is 1. The lowest BCUT2D eigenvalue weighted by Gasteiger charge is -2.34. The average molecular weight is 435 g/mol. The summed E-state index contributed by atoms with van der Waals surface area (Å²) in [5.41, 5.74) is -0.611. The van der Waals surface area contributed by atoms with Gasteiger partial charge in [0.2, 0.25) is 23.8 Å². The van der Waals surface area contributed by atoms with Crippen LogP contribution in [-0.4, -0.2) is 59.0 Å². The average Bonchev–Trinajstić information content (AvgIpc) is 2.77. The highest BCUT2D eigenvalue weighted by atomic mass is 19.4. The van der Waals surface area contributed by atoms with Crippen molar-refractivity contribution in [2.45, 2.75) is 19.1 Å². The number of alkyl halides is 3. The number of benzene rings is 1. The topological polar surface area (TPSA) is 86.3 Å². The van der Waals surface area contributed by atoms with Crippen LogP contribution in [0.15, 0.2) is 36.9 Å². The number of nitrogens with zero attached hydrogens (tertiary/aromatic N) is 5. The molecule has 2 heterocycles. The third-order valence-corrected chi connectivity index (χ3v) is 4.97. The molecule has 0 saturated carbocycles. The zero-order valence-electron chi connectivity index (χ0n) is 17.3. The van der Waals surface area contributed by atoms with Gasteiger partial charge in [-0.3, -0.25) is 4.79 Å². The lowest BCUT2D eigenvalue weighted by atomic mass is 10.0. The fraction of sp³-hybridized carbons (Fsp3) is 0.400. The molecule has 11 heteroatoms. The Kier molecular flexibility index (Phi) is 6.62. The normalized spacial score (nSPS) is 15.4. The van der Waals surface area contributed by atoms with Crippen molar-refractivity contribution in [3.05, 3.63) is 48.0 Å². The zero-order valence-corrected chi connectivity index (χ0v) is 17.3. The minimum atomic E-state index is -4.46. The molecule has 0 radical (unpaired) electrons. The van der Waals surface area contributed by atoms with Gasteiger partial charge in [0.1, 0.15) is 0 Å². The molecule has 1 fully saturated rings. The molecule has 1 atom stereocenters. The van der Waals surface area contributed by atoms with Crippen molar-refractivity contribution in [2.24, 2.45) is 0 Å². The van der Waals surface area contributed by atoms with Gasteiger partial charge in [-0.25, -0.2) is 0 Å². The van der Waals surface area contributed by atoms with E-state index in [0.717, 1.165) is 6.07 Å². The smallest absolute Gasteiger partial charge is 0.357 e. The first kappa shape index (κ1) is 22.3. The molecular formula is C20H24F3N7O. The Hall–Kier alpha value is -3.37. The molecule has 1 unspecified atom stereocenters. The Morgan fingerprint density at radius 3 is 2.39 bits per heavy atom. The Labute approximate surface area is 178 Å². The molecule has 2 aromatic rings. The fourth-order valence-corrected chi connectivity index (χ4v) is 3.34. The van der Waals surface area contributed by atoms with Gasteiger partial charge < -0.3 is 20.4 Å². The predicted molar refractivity (Wildman–Crippen MR) is 112 cm³/mol. The van der Waals surface area contributed by atoms with Crippen LogP contribution >= 0.6 is 0 Å². The van der Waals surface area contributed by atoms with Crippen molar-refractivity contribution >= 4 is 23.8 Å². The van der Waals surface area contributed by atoms with Crippen molar-refractivity contribution in [1.82, 2.24) is 19.9 Å². The molecular weight excluding hydrogens is 411 g/mol. The number of aromatic nitrogens is 3. The Bertz CT molecular complexity index is 943. The molecule has 1 saturated heterocycles. The van der Waals surface area contributed by atoms with Crippen LogP contribution in [0.2, 0.25) is 0 Å². The summed E-state index contributed by atoms with van der Waals surface area (Å²) in [6.45, 7) is 7.12. The largest absolute Gasteiger partial charge is 0.416 e. The fourth-order valence-electron chi connectivity index (χ4n) is 3.34. The van der Waals surface area contributed by atoms with Gasteiger partial charge in [-0.2, -0.15) is 28.1 Å². The Morgan fingerprint density at radius 1 is 1.13 bits per heavy atom. The molecule has 1 aliphatic rings. The van der Waals surface area contributed by atoms with Crippen molar-refractivity contribution < 1.29 is 18.0 Å². The van der Waals surface area contributed by atoms with Gasteiger partial charge in [0.25, 0.3) is 0 Å². The van der Waals surface area contributed by atoms with Crippen molar-refractivity contribution in [1.29, 1.82) is 0 Å². The summed E-state index contributed by atoms with van der Waals surface area (Å²) < 4.78 is 40.1. The van der Waals surface area contributed by atoms with E-state index < -0.39 is 17.8 Å². The quantitative estimate of drug-likeness (QED) is 0.675. The molecule has 8 nitrogen and oxygen atoms in total. The van der Waals surface area contributed by atoms with Gasteiger partial charge >= 0.3 is 6.18 Å². The number of carbonyl (C=O) groups excluding carboxylic acids is 1. The number of halogens is 3. The first-order valence-electron chi connectivity index (χ1n) is 9.75. The monoisotopic (exact) mass is 435 g/mol. The molecule has 1 amide bonds. The molecule has 1 aliphatic heterocycles.